The third-order valence-electron chi connectivity index (χ3n) is 2.77. The Bertz CT molecular complexity index is 370. The maximum atomic E-state index is 11.2. The zero-order valence-electron chi connectivity index (χ0n) is 11.3. The van der Waals surface area contributed by atoms with E-state index in [1.54, 1.807) is 0 Å². The first-order chi connectivity index (χ1) is 8.84. The first-order valence-electron chi connectivity index (χ1n) is 5.60. The van der Waals surface area contributed by atoms with Crippen LogP contribution in [0.15, 0.2) is 0 Å². The Kier molecular flexibility index (Phi) is 6.12. The topological polar surface area (TPSA) is 101 Å². The number of ether oxygens (including phenoxy) is 4. The molecule has 114 valence electrons. The van der Waals surface area contributed by atoms with Gasteiger partial charge in [-0.1, -0.05) is 0 Å². The second-order valence-corrected chi connectivity index (χ2v) is 5.79. The first-order valence-corrected chi connectivity index (χ1v) is 7.42. The zero-order valence-corrected chi connectivity index (χ0v) is 12.1. The monoisotopic (exact) mass is 300 g/mol. The molecule has 1 saturated heterocycles. The van der Waals surface area contributed by atoms with E-state index in [2.05, 4.69) is 0 Å². The lowest BCUT2D eigenvalue weighted by Gasteiger charge is -2.42. The minimum absolute atomic E-state index is 0.168. The normalized spacial score (nSPS) is 36.4. The summed E-state index contributed by atoms with van der Waals surface area (Å²) in [6.07, 6.45) is -3.78. The van der Waals surface area contributed by atoms with Gasteiger partial charge in [-0.3, -0.25) is 4.18 Å². The zero-order chi connectivity index (χ0) is 14.6. The standard InChI is InChI=1S/C10H20O8S/c1-14-5-6-7(15-2)8(16-3)9(10(11)17-6)18-19(4,12)13/h6-11H,5H2,1-4H3/t6-,7+,8+,9-,10+/m1/s1. The number of methoxy groups -OCH3 is 3. The summed E-state index contributed by atoms with van der Waals surface area (Å²) < 4.78 is 47.8. The van der Waals surface area contributed by atoms with E-state index in [4.69, 9.17) is 23.1 Å². The molecule has 0 unspecified atom stereocenters. The van der Waals surface area contributed by atoms with Crippen LogP contribution < -0.4 is 0 Å². The van der Waals surface area contributed by atoms with Gasteiger partial charge in [-0.25, -0.2) is 0 Å². The maximum Gasteiger partial charge on any atom is 0.264 e. The van der Waals surface area contributed by atoms with Crippen molar-refractivity contribution in [1.29, 1.82) is 0 Å². The Morgan fingerprint density at radius 2 is 1.68 bits per heavy atom. The molecule has 0 aliphatic carbocycles. The molecule has 0 radical (unpaired) electrons. The van der Waals surface area contributed by atoms with Crippen LogP contribution >= 0.6 is 0 Å². The summed E-state index contributed by atoms with van der Waals surface area (Å²) in [6.45, 7) is 0.168. The molecule has 1 aliphatic rings. The van der Waals surface area contributed by atoms with Gasteiger partial charge < -0.3 is 24.1 Å². The van der Waals surface area contributed by atoms with Gasteiger partial charge in [0.1, 0.15) is 18.3 Å². The molecular weight excluding hydrogens is 280 g/mol. The Morgan fingerprint density at radius 1 is 1.11 bits per heavy atom. The van der Waals surface area contributed by atoms with Gasteiger partial charge in [-0.15, -0.1) is 0 Å². The molecule has 1 aliphatic heterocycles. The van der Waals surface area contributed by atoms with Crippen LogP contribution in [0.5, 0.6) is 0 Å². The molecule has 0 saturated carbocycles. The van der Waals surface area contributed by atoms with Crippen LogP contribution in [0.3, 0.4) is 0 Å². The summed E-state index contributed by atoms with van der Waals surface area (Å²) in [5, 5.41) is 9.84. The smallest absolute Gasteiger partial charge is 0.264 e. The van der Waals surface area contributed by atoms with Gasteiger partial charge in [-0.05, 0) is 0 Å². The van der Waals surface area contributed by atoms with E-state index in [0.29, 0.717) is 0 Å². The van der Waals surface area contributed by atoms with Crippen molar-refractivity contribution < 1.29 is 36.7 Å². The lowest BCUT2D eigenvalue weighted by atomic mass is 9.99. The van der Waals surface area contributed by atoms with Crippen molar-refractivity contribution in [3.05, 3.63) is 0 Å². The van der Waals surface area contributed by atoms with Crippen molar-refractivity contribution in [2.75, 3.05) is 34.2 Å². The molecule has 5 atom stereocenters. The summed E-state index contributed by atoms with van der Waals surface area (Å²) in [5.41, 5.74) is 0. The highest BCUT2D eigenvalue weighted by atomic mass is 32.2. The second kappa shape index (κ2) is 6.93. The molecule has 0 aromatic rings. The van der Waals surface area contributed by atoms with E-state index in [0.717, 1.165) is 6.26 Å². The van der Waals surface area contributed by atoms with E-state index in [9.17, 15) is 13.5 Å². The van der Waals surface area contributed by atoms with Gasteiger partial charge in [0.15, 0.2) is 12.4 Å². The predicted molar refractivity (Wildman–Crippen MR) is 64.1 cm³/mol. The fraction of sp³-hybridized carbons (Fsp3) is 1.00. The maximum absolute atomic E-state index is 11.2. The first kappa shape index (κ1) is 16.8. The molecule has 1 N–H and O–H groups in total. The third-order valence-corrected chi connectivity index (χ3v) is 3.34. The Balaban J connectivity index is 2.93. The van der Waals surface area contributed by atoms with Crippen LogP contribution in [0.4, 0.5) is 0 Å². The molecule has 19 heavy (non-hydrogen) atoms. The van der Waals surface area contributed by atoms with E-state index >= 15 is 0 Å². The summed E-state index contributed by atoms with van der Waals surface area (Å²) in [6, 6.07) is 0. The Hall–Kier alpha value is -0.290. The van der Waals surface area contributed by atoms with E-state index in [1.165, 1.54) is 21.3 Å². The molecular formula is C10H20O8S. The summed E-state index contributed by atoms with van der Waals surface area (Å²) >= 11 is 0. The van der Waals surface area contributed by atoms with Crippen LogP contribution in [-0.2, 0) is 33.2 Å². The van der Waals surface area contributed by atoms with Crippen LogP contribution in [0.2, 0.25) is 0 Å². The van der Waals surface area contributed by atoms with Crippen LogP contribution in [0.25, 0.3) is 0 Å². The van der Waals surface area contributed by atoms with Crippen LogP contribution in [0, 0.1) is 0 Å². The lowest BCUT2D eigenvalue weighted by molar-refractivity contribution is -0.289. The van der Waals surface area contributed by atoms with Crippen molar-refractivity contribution in [2.45, 2.75) is 30.7 Å². The highest BCUT2D eigenvalue weighted by Gasteiger charge is 2.48. The van der Waals surface area contributed by atoms with Crippen molar-refractivity contribution in [2.24, 2.45) is 0 Å². The molecule has 1 fully saturated rings. The number of hydrogen-bond donors (Lipinski definition) is 1. The van der Waals surface area contributed by atoms with Crippen molar-refractivity contribution in [3.8, 4) is 0 Å². The third kappa shape index (κ3) is 4.35. The molecule has 0 aromatic carbocycles. The average Bonchev–Trinajstić information content (AvgIpc) is 2.30. The van der Waals surface area contributed by atoms with Crippen molar-refractivity contribution in [1.82, 2.24) is 0 Å². The average molecular weight is 300 g/mol. The van der Waals surface area contributed by atoms with E-state index in [1.807, 2.05) is 0 Å². The summed E-state index contributed by atoms with van der Waals surface area (Å²) in [4.78, 5) is 0. The molecule has 0 amide bonds. The second-order valence-electron chi connectivity index (χ2n) is 4.19. The molecule has 1 heterocycles. The molecule has 9 heteroatoms. The van der Waals surface area contributed by atoms with Crippen LogP contribution in [0.1, 0.15) is 0 Å². The lowest BCUT2D eigenvalue weighted by Crippen LogP contribution is -2.61. The van der Waals surface area contributed by atoms with E-state index in [-0.39, 0.29) is 6.61 Å². The number of hydrogen-bond acceptors (Lipinski definition) is 8. The Morgan fingerprint density at radius 3 is 2.11 bits per heavy atom. The minimum Gasteiger partial charge on any atom is -0.382 e. The van der Waals surface area contributed by atoms with Crippen molar-refractivity contribution in [3.63, 3.8) is 0 Å². The minimum atomic E-state index is -3.77. The fourth-order valence-corrected chi connectivity index (χ4v) is 2.66. The summed E-state index contributed by atoms with van der Waals surface area (Å²) in [7, 11) is 0.508. The number of aliphatic hydroxyl groups excluding tert-OH is 1. The highest BCUT2D eigenvalue weighted by Crippen LogP contribution is 2.27. The van der Waals surface area contributed by atoms with Gasteiger partial charge >= 0.3 is 0 Å². The number of aliphatic hydroxyl groups is 1. The summed E-state index contributed by atoms with van der Waals surface area (Å²) in [5.74, 6) is 0. The molecule has 0 aromatic heterocycles. The molecule has 0 spiro atoms. The Labute approximate surface area is 112 Å². The van der Waals surface area contributed by atoms with Gasteiger partial charge in [0, 0.05) is 21.3 Å². The fourth-order valence-electron chi connectivity index (χ4n) is 2.05. The number of rotatable bonds is 6. The van der Waals surface area contributed by atoms with Crippen LogP contribution in [-0.4, -0.2) is 78.4 Å². The van der Waals surface area contributed by atoms with Crippen molar-refractivity contribution >= 4 is 10.1 Å². The highest BCUT2D eigenvalue weighted by molar-refractivity contribution is 7.86. The molecule has 8 nitrogen and oxygen atoms in total. The van der Waals surface area contributed by atoms with Gasteiger partial charge in [0.05, 0.1) is 12.9 Å². The molecule has 0 bridgehead atoms. The van der Waals surface area contributed by atoms with Gasteiger partial charge in [0.25, 0.3) is 10.1 Å². The van der Waals surface area contributed by atoms with Gasteiger partial charge in [0.2, 0.25) is 0 Å². The quantitative estimate of drug-likeness (QED) is 0.606. The largest absolute Gasteiger partial charge is 0.382 e. The van der Waals surface area contributed by atoms with Gasteiger partial charge in [-0.2, -0.15) is 8.42 Å². The SMILES string of the molecule is COC[C@H]1O[C@H](O)[C@H](OS(C)(=O)=O)[C@@H](OC)[C@H]1OC. The molecule has 1 rings (SSSR count). The van der Waals surface area contributed by atoms with E-state index < -0.39 is 40.8 Å². The predicted octanol–water partition coefficient (Wildman–Crippen LogP) is -1.28.